The predicted molar refractivity (Wildman–Crippen MR) is 142 cm³/mol. The molecule has 36 heavy (non-hydrogen) atoms. The molecule has 1 aromatic heterocycles. The fourth-order valence-corrected chi connectivity index (χ4v) is 5.35. The van der Waals surface area contributed by atoms with Crippen LogP contribution in [0.15, 0.2) is 35.6 Å². The van der Waals surface area contributed by atoms with E-state index < -0.39 is 0 Å². The van der Waals surface area contributed by atoms with Crippen molar-refractivity contribution in [1.29, 1.82) is 0 Å². The second kappa shape index (κ2) is 11.5. The molecule has 2 aromatic rings. The Labute approximate surface area is 213 Å². The lowest BCUT2D eigenvalue weighted by Crippen LogP contribution is -2.44. The van der Waals surface area contributed by atoms with Gasteiger partial charge in [-0.15, -0.1) is 0 Å². The van der Waals surface area contributed by atoms with Crippen LogP contribution in [0.4, 0.5) is 17.2 Å². The van der Waals surface area contributed by atoms with Gasteiger partial charge < -0.3 is 25.2 Å². The number of aryl methyl sites for hydroxylation is 1. The zero-order valence-electron chi connectivity index (χ0n) is 21.4. The van der Waals surface area contributed by atoms with Crippen molar-refractivity contribution >= 4 is 28.8 Å². The molecule has 192 valence electrons. The Morgan fingerprint density at radius 1 is 1.19 bits per heavy atom. The maximum atomic E-state index is 12.9. The van der Waals surface area contributed by atoms with Crippen molar-refractivity contribution in [1.82, 2.24) is 25.5 Å². The summed E-state index contributed by atoms with van der Waals surface area (Å²) < 4.78 is 5.41. The zero-order chi connectivity index (χ0) is 24.9. The zero-order valence-corrected chi connectivity index (χ0v) is 21.4. The van der Waals surface area contributed by atoms with Gasteiger partial charge in [0.25, 0.3) is 5.91 Å². The molecule has 3 aliphatic heterocycles. The van der Waals surface area contributed by atoms with Crippen molar-refractivity contribution < 1.29 is 9.53 Å². The van der Waals surface area contributed by atoms with Crippen molar-refractivity contribution in [3.8, 4) is 0 Å². The third kappa shape index (κ3) is 5.58. The SMILES string of the molecule is CC(=Nc1c(C)ncnc1N1CC(CCN2CCNCC2)c2ccccc21)C(=O)NC1CCOCC1. The number of piperazine rings is 1. The maximum Gasteiger partial charge on any atom is 0.265 e. The van der Waals surface area contributed by atoms with Crippen LogP contribution in [0, 0.1) is 6.92 Å². The van der Waals surface area contributed by atoms with E-state index >= 15 is 0 Å². The molecule has 1 amide bonds. The first-order valence-corrected chi connectivity index (χ1v) is 13.1. The molecular weight excluding hydrogens is 454 g/mol. The first kappa shape index (κ1) is 24.8. The van der Waals surface area contributed by atoms with E-state index in [1.165, 1.54) is 11.3 Å². The van der Waals surface area contributed by atoms with E-state index in [1.54, 1.807) is 13.3 Å². The van der Waals surface area contributed by atoms with Crippen molar-refractivity contribution in [2.24, 2.45) is 4.99 Å². The Morgan fingerprint density at radius 2 is 1.97 bits per heavy atom. The number of carbonyl (C=O) groups is 1. The first-order chi connectivity index (χ1) is 17.6. The number of hydrogen-bond donors (Lipinski definition) is 2. The van der Waals surface area contributed by atoms with Gasteiger partial charge in [-0.3, -0.25) is 4.79 Å². The fraction of sp³-hybridized carbons (Fsp3) is 0.556. The summed E-state index contributed by atoms with van der Waals surface area (Å²) in [6.45, 7) is 11.3. The molecule has 0 spiro atoms. The number of anilines is 2. The third-order valence-electron chi connectivity index (χ3n) is 7.48. The minimum atomic E-state index is -0.146. The molecule has 4 heterocycles. The molecule has 2 fully saturated rings. The number of rotatable bonds is 7. The van der Waals surface area contributed by atoms with Gasteiger partial charge in [0.15, 0.2) is 5.82 Å². The van der Waals surface area contributed by atoms with Crippen LogP contribution in [0.5, 0.6) is 0 Å². The highest BCUT2D eigenvalue weighted by Crippen LogP contribution is 2.44. The highest BCUT2D eigenvalue weighted by atomic mass is 16.5. The number of benzene rings is 1. The van der Waals surface area contributed by atoms with Crippen LogP contribution in [0.25, 0.3) is 0 Å². The number of ether oxygens (including phenoxy) is 1. The molecule has 5 rings (SSSR count). The maximum absolute atomic E-state index is 12.9. The Bertz CT molecular complexity index is 1090. The first-order valence-electron chi connectivity index (χ1n) is 13.1. The van der Waals surface area contributed by atoms with Crippen molar-refractivity contribution in [2.45, 2.75) is 45.1 Å². The normalized spacial score (nSPS) is 21.4. The lowest BCUT2D eigenvalue weighted by Gasteiger charge is -2.28. The van der Waals surface area contributed by atoms with E-state index in [-0.39, 0.29) is 11.9 Å². The average molecular weight is 492 g/mol. The van der Waals surface area contributed by atoms with Gasteiger partial charge in [-0.05, 0) is 51.3 Å². The highest BCUT2D eigenvalue weighted by molar-refractivity contribution is 6.38. The fourth-order valence-electron chi connectivity index (χ4n) is 5.35. The standard InChI is InChI=1S/C27H37N7O2/c1-19-25(31-20(2)27(35)32-22-8-15-36-16-9-22)26(30-18-29-19)34-17-21(23-5-3-4-6-24(23)34)7-12-33-13-10-28-11-14-33/h3-6,18,21-22,28H,7-17H2,1-2H3,(H,32,35). The van der Waals surface area contributed by atoms with E-state index in [9.17, 15) is 4.79 Å². The van der Waals surface area contributed by atoms with Crippen LogP contribution in [0.1, 0.15) is 43.4 Å². The van der Waals surface area contributed by atoms with Crippen LogP contribution in [0.3, 0.4) is 0 Å². The van der Waals surface area contributed by atoms with Crippen LogP contribution in [0.2, 0.25) is 0 Å². The summed E-state index contributed by atoms with van der Waals surface area (Å²) in [5.74, 6) is 1.03. The van der Waals surface area contributed by atoms with Gasteiger partial charge in [0.2, 0.25) is 0 Å². The second-order valence-electron chi connectivity index (χ2n) is 9.94. The Balaban J connectivity index is 1.37. The molecule has 0 bridgehead atoms. The number of aromatic nitrogens is 2. The highest BCUT2D eigenvalue weighted by Gasteiger charge is 2.32. The summed E-state index contributed by atoms with van der Waals surface area (Å²) >= 11 is 0. The van der Waals surface area contributed by atoms with Crippen LogP contribution in [-0.4, -0.2) is 85.0 Å². The number of amides is 1. The molecule has 0 aliphatic carbocycles. The van der Waals surface area contributed by atoms with Crippen molar-refractivity contribution in [3.05, 3.63) is 41.9 Å². The van der Waals surface area contributed by atoms with Gasteiger partial charge in [0, 0.05) is 63.6 Å². The summed E-state index contributed by atoms with van der Waals surface area (Å²) in [6, 6.07) is 8.73. The van der Waals surface area contributed by atoms with Gasteiger partial charge in [0.05, 0.1) is 5.69 Å². The lowest BCUT2D eigenvalue weighted by molar-refractivity contribution is -0.116. The minimum absolute atomic E-state index is 0.130. The number of nitrogens with zero attached hydrogens (tertiary/aromatic N) is 5. The van der Waals surface area contributed by atoms with Gasteiger partial charge in [-0.2, -0.15) is 0 Å². The minimum Gasteiger partial charge on any atom is -0.381 e. The number of nitrogens with one attached hydrogen (secondary N) is 2. The quantitative estimate of drug-likeness (QED) is 0.575. The van der Waals surface area contributed by atoms with Crippen LogP contribution in [-0.2, 0) is 9.53 Å². The summed E-state index contributed by atoms with van der Waals surface area (Å²) in [6.07, 6.45) is 4.36. The number of fused-ring (bicyclic) bond motifs is 1. The Kier molecular flexibility index (Phi) is 7.89. The summed E-state index contributed by atoms with van der Waals surface area (Å²) in [5, 5.41) is 6.54. The lowest BCUT2D eigenvalue weighted by atomic mass is 9.97. The number of aliphatic imine (C=N–C) groups is 1. The van der Waals surface area contributed by atoms with E-state index in [1.807, 2.05) is 6.92 Å². The van der Waals surface area contributed by atoms with Crippen LogP contribution < -0.4 is 15.5 Å². The smallest absolute Gasteiger partial charge is 0.265 e. The summed E-state index contributed by atoms with van der Waals surface area (Å²) in [5.41, 5.74) is 4.37. The van der Waals surface area contributed by atoms with E-state index in [2.05, 4.69) is 54.7 Å². The van der Waals surface area contributed by atoms with Gasteiger partial charge in [0.1, 0.15) is 17.7 Å². The number of hydrogen-bond acceptors (Lipinski definition) is 8. The van der Waals surface area contributed by atoms with Crippen molar-refractivity contribution in [3.63, 3.8) is 0 Å². The van der Waals surface area contributed by atoms with Gasteiger partial charge in [-0.25, -0.2) is 15.0 Å². The molecule has 9 heteroatoms. The topological polar surface area (TPSA) is 95.0 Å². The van der Waals surface area contributed by atoms with Crippen LogP contribution >= 0.6 is 0 Å². The third-order valence-corrected chi connectivity index (χ3v) is 7.48. The Morgan fingerprint density at radius 3 is 2.78 bits per heavy atom. The molecule has 2 saturated heterocycles. The molecular formula is C27H37N7O2. The molecule has 0 saturated carbocycles. The number of para-hydroxylation sites is 1. The predicted octanol–water partition coefficient (Wildman–Crippen LogP) is 2.70. The molecule has 9 nitrogen and oxygen atoms in total. The largest absolute Gasteiger partial charge is 0.381 e. The average Bonchev–Trinajstić information content (AvgIpc) is 3.28. The number of carbonyl (C=O) groups excluding carboxylic acids is 1. The van der Waals surface area contributed by atoms with E-state index in [4.69, 9.17) is 9.73 Å². The van der Waals surface area contributed by atoms with Gasteiger partial charge in [-0.1, -0.05) is 18.2 Å². The molecule has 1 atom stereocenters. The second-order valence-corrected chi connectivity index (χ2v) is 9.94. The molecule has 0 radical (unpaired) electrons. The molecule has 3 aliphatic rings. The molecule has 1 unspecified atom stereocenters. The molecule has 2 N–H and O–H groups in total. The van der Waals surface area contributed by atoms with E-state index in [0.717, 1.165) is 70.0 Å². The molecule has 1 aromatic carbocycles. The summed E-state index contributed by atoms with van der Waals surface area (Å²) in [4.78, 5) is 31.6. The van der Waals surface area contributed by atoms with Gasteiger partial charge >= 0.3 is 0 Å². The van der Waals surface area contributed by atoms with E-state index in [0.29, 0.717) is 30.5 Å². The van der Waals surface area contributed by atoms with Crippen molar-refractivity contribution in [2.75, 3.05) is 57.4 Å². The Hall–Kier alpha value is -2.88. The summed E-state index contributed by atoms with van der Waals surface area (Å²) in [7, 11) is 0. The monoisotopic (exact) mass is 491 g/mol.